The fraction of sp³-hybridized carbons (Fsp3) is 0.350. The largest absolute Gasteiger partial charge is 0.352 e. The molecule has 0 radical (unpaired) electrons. The molecule has 0 aliphatic carbocycles. The van der Waals surface area contributed by atoms with Crippen molar-refractivity contribution in [1.29, 1.82) is 0 Å². The zero-order valence-corrected chi connectivity index (χ0v) is 13.9. The molecule has 0 saturated carbocycles. The van der Waals surface area contributed by atoms with Crippen LogP contribution in [-0.2, 0) is 11.8 Å². The molecule has 0 fully saturated rings. The van der Waals surface area contributed by atoms with Gasteiger partial charge in [0.2, 0.25) is 0 Å². The maximum Gasteiger partial charge on any atom is 0.251 e. The number of hydrogen-bond acceptors (Lipinski definition) is 1. The Hall–Kier alpha value is -2.09. The van der Waals surface area contributed by atoms with Crippen molar-refractivity contribution in [3.8, 4) is 0 Å². The van der Waals surface area contributed by atoms with Crippen LogP contribution < -0.4 is 5.32 Å². The van der Waals surface area contributed by atoms with E-state index in [1.807, 2.05) is 30.3 Å². The minimum absolute atomic E-state index is 0.000472. The Balaban J connectivity index is 1.97. The molecule has 0 unspecified atom stereocenters. The lowest BCUT2D eigenvalue weighted by atomic mass is 9.83. The minimum Gasteiger partial charge on any atom is -0.352 e. The molecule has 2 heteroatoms. The Labute approximate surface area is 133 Å². The lowest BCUT2D eigenvalue weighted by Gasteiger charge is -2.22. The molecule has 116 valence electrons. The predicted molar refractivity (Wildman–Crippen MR) is 92.4 cm³/mol. The third-order valence-electron chi connectivity index (χ3n) is 3.84. The number of carbonyl (C=O) groups is 1. The van der Waals surface area contributed by atoms with Crippen molar-refractivity contribution in [2.75, 3.05) is 6.54 Å². The van der Waals surface area contributed by atoms with Gasteiger partial charge in [-0.2, -0.15) is 0 Å². The maximum absolute atomic E-state index is 12.2. The average molecular weight is 295 g/mol. The molecule has 0 heterocycles. The molecular formula is C20H25NO. The molecule has 2 rings (SSSR count). The summed E-state index contributed by atoms with van der Waals surface area (Å²) in [5.74, 6) is -0.000472. The van der Waals surface area contributed by atoms with Crippen LogP contribution in [0.5, 0.6) is 0 Å². The van der Waals surface area contributed by atoms with Crippen molar-refractivity contribution in [2.24, 2.45) is 0 Å². The van der Waals surface area contributed by atoms with Crippen LogP contribution >= 0.6 is 0 Å². The van der Waals surface area contributed by atoms with Crippen LogP contribution in [-0.4, -0.2) is 12.5 Å². The molecule has 0 aliphatic rings. The van der Waals surface area contributed by atoms with Gasteiger partial charge in [0.25, 0.3) is 5.91 Å². The fourth-order valence-corrected chi connectivity index (χ4v) is 2.71. The summed E-state index contributed by atoms with van der Waals surface area (Å²) in [4.78, 5) is 12.2. The van der Waals surface area contributed by atoms with Gasteiger partial charge in [-0.1, -0.05) is 57.2 Å². The second kappa shape index (κ2) is 6.78. The lowest BCUT2D eigenvalue weighted by Crippen LogP contribution is -2.26. The van der Waals surface area contributed by atoms with Gasteiger partial charge in [0.1, 0.15) is 0 Å². The van der Waals surface area contributed by atoms with Crippen molar-refractivity contribution in [3.05, 3.63) is 70.8 Å². The zero-order valence-electron chi connectivity index (χ0n) is 13.9. The van der Waals surface area contributed by atoms with E-state index in [2.05, 4.69) is 51.2 Å². The first-order valence-electron chi connectivity index (χ1n) is 7.81. The molecule has 1 N–H and O–H groups in total. The molecule has 2 aromatic carbocycles. The van der Waals surface area contributed by atoms with Crippen LogP contribution in [0.2, 0.25) is 0 Å². The number of benzene rings is 2. The Morgan fingerprint density at radius 1 is 1.05 bits per heavy atom. The van der Waals surface area contributed by atoms with Crippen LogP contribution in [0.15, 0.2) is 48.5 Å². The number of amides is 1. The van der Waals surface area contributed by atoms with Gasteiger partial charge < -0.3 is 5.32 Å². The standard InChI is InChI=1S/C20H25NO/c1-15-14-17(10-11-18(15)20(2,3)4)19(22)21-13-12-16-8-6-5-7-9-16/h5-11,14H,12-13H2,1-4H3,(H,21,22). The average Bonchev–Trinajstić information content (AvgIpc) is 2.46. The van der Waals surface area contributed by atoms with E-state index < -0.39 is 0 Å². The van der Waals surface area contributed by atoms with Crippen LogP contribution in [0.4, 0.5) is 0 Å². The van der Waals surface area contributed by atoms with Crippen molar-refractivity contribution in [3.63, 3.8) is 0 Å². The summed E-state index contributed by atoms with van der Waals surface area (Å²) in [6, 6.07) is 16.2. The van der Waals surface area contributed by atoms with Crippen molar-refractivity contribution >= 4 is 5.91 Å². The second-order valence-electron chi connectivity index (χ2n) is 6.77. The van der Waals surface area contributed by atoms with E-state index >= 15 is 0 Å². The molecule has 0 atom stereocenters. The molecule has 2 nitrogen and oxygen atoms in total. The first-order chi connectivity index (χ1) is 10.4. The summed E-state index contributed by atoms with van der Waals surface area (Å²) in [6.45, 7) is 9.29. The summed E-state index contributed by atoms with van der Waals surface area (Å²) in [7, 11) is 0. The molecule has 2 aromatic rings. The number of hydrogen-bond donors (Lipinski definition) is 1. The van der Waals surface area contributed by atoms with Crippen LogP contribution in [0.25, 0.3) is 0 Å². The first kappa shape index (κ1) is 16.3. The highest BCUT2D eigenvalue weighted by Gasteiger charge is 2.17. The van der Waals surface area contributed by atoms with Crippen molar-refractivity contribution in [1.82, 2.24) is 5.32 Å². The maximum atomic E-state index is 12.2. The highest BCUT2D eigenvalue weighted by atomic mass is 16.1. The fourth-order valence-electron chi connectivity index (χ4n) is 2.71. The highest BCUT2D eigenvalue weighted by Crippen LogP contribution is 2.26. The molecule has 22 heavy (non-hydrogen) atoms. The minimum atomic E-state index is -0.000472. The van der Waals surface area contributed by atoms with E-state index in [1.54, 1.807) is 0 Å². The molecule has 0 bridgehead atoms. The van der Waals surface area contributed by atoms with Crippen LogP contribution in [0, 0.1) is 6.92 Å². The highest BCUT2D eigenvalue weighted by molar-refractivity contribution is 5.94. The van der Waals surface area contributed by atoms with Gasteiger partial charge in [-0.15, -0.1) is 0 Å². The molecular weight excluding hydrogens is 270 g/mol. The van der Waals surface area contributed by atoms with E-state index in [-0.39, 0.29) is 11.3 Å². The summed E-state index contributed by atoms with van der Waals surface area (Å²) >= 11 is 0. The smallest absolute Gasteiger partial charge is 0.251 e. The third kappa shape index (κ3) is 4.20. The molecule has 0 aliphatic heterocycles. The summed E-state index contributed by atoms with van der Waals surface area (Å²) in [6.07, 6.45) is 0.853. The van der Waals surface area contributed by atoms with Gasteiger partial charge in [-0.3, -0.25) is 4.79 Å². The normalized spacial score (nSPS) is 11.3. The van der Waals surface area contributed by atoms with Gasteiger partial charge in [-0.05, 0) is 47.6 Å². The van der Waals surface area contributed by atoms with E-state index in [4.69, 9.17) is 0 Å². The Kier molecular flexibility index (Phi) is 5.02. The van der Waals surface area contributed by atoms with Gasteiger partial charge >= 0.3 is 0 Å². The lowest BCUT2D eigenvalue weighted by molar-refractivity contribution is 0.0954. The van der Waals surface area contributed by atoms with Gasteiger partial charge in [-0.25, -0.2) is 0 Å². The van der Waals surface area contributed by atoms with Crippen LogP contribution in [0.3, 0.4) is 0 Å². The first-order valence-corrected chi connectivity index (χ1v) is 7.81. The van der Waals surface area contributed by atoms with Gasteiger partial charge in [0.15, 0.2) is 0 Å². The van der Waals surface area contributed by atoms with Crippen molar-refractivity contribution in [2.45, 2.75) is 39.5 Å². The number of nitrogens with one attached hydrogen (secondary N) is 1. The zero-order chi connectivity index (χ0) is 16.2. The SMILES string of the molecule is Cc1cc(C(=O)NCCc2ccccc2)ccc1C(C)(C)C. The molecule has 0 aromatic heterocycles. The Morgan fingerprint density at radius 3 is 2.32 bits per heavy atom. The van der Waals surface area contributed by atoms with Crippen LogP contribution in [0.1, 0.15) is 47.8 Å². The number of aryl methyl sites for hydroxylation is 1. The van der Waals surface area contributed by atoms with E-state index in [0.717, 1.165) is 12.0 Å². The summed E-state index contributed by atoms with van der Waals surface area (Å²) < 4.78 is 0. The topological polar surface area (TPSA) is 29.1 Å². The third-order valence-corrected chi connectivity index (χ3v) is 3.84. The number of rotatable bonds is 4. The van der Waals surface area contributed by atoms with Gasteiger partial charge in [0.05, 0.1) is 0 Å². The number of carbonyl (C=O) groups excluding carboxylic acids is 1. The molecule has 0 spiro atoms. The summed E-state index contributed by atoms with van der Waals surface area (Å²) in [5.41, 5.74) is 4.53. The Morgan fingerprint density at radius 2 is 1.73 bits per heavy atom. The summed E-state index contributed by atoms with van der Waals surface area (Å²) in [5, 5.41) is 2.99. The monoisotopic (exact) mass is 295 g/mol. The molecule has 1 amide bonds. The van der Waals surface area contributed by atoms with Crippen molar-refractivity contribution < 1.29 is 4.79 Å². The predicted octanol–water partition coefficient (Wildman–Crippen LogP) is 4.27. The quantitative estimate of drug-likeness (QED) is 0.897. The van der Waals surface area contributed by atoms with E-state index in [9.17, 15) is 4.79 Å². The Bertz CT molecular complexity index is 639. The second-order valence-corrected chi connectivity index (χ2v) is 6.77. The van der Waals surface area contributed by atoms with Gasteiger partial charge in [0, 0.05) is 12.1 Å². The van der Waals surface area contributed by atoms with E-state index in [0.29, 0.717) is 6.54 Å². The van der Waals surface area contributed by atoms with E-state index in [1.165, 1.54) is 16.7 Å². The molecule has 0 saturated heterocycles.